The van der Waals surface area contributed by atoms with Gasteiger partial charge in [-0.3, -0.25) is 9.35 Å². The number of carbonyl (C=O) groups excluding carboxylic acids is 1. The summed E-state index contributed by atoms with van der Waals surface area (Å²) in [5, 5.41) is 0. The van der Waals surface area contributed by atoms with Gasteiger partial charge in [-0.25, -0.2) is 12.6 Å². The average Bonchev–Trinajstić information content (AvgIpc) is 2.46. The van der Waals surface area contributed by atoms with Crippen LogP contribution in [0, 0.1) is 20.8 Å². The van der Waals surface area contributed by atoms with Gasteiger partial charge in [-0.15, -0.1) is 0 Å². The Hall–Kier alpha value is -1.83. The Morgan fingerprint density at radius 2 is 1.62 bits per heavy atom. The molecule has 2 aromatic carbocycles. The molecule has 128 valence electrons. The van der Waals surface area contributed by atoms with Gasteiger partial charge in [-0.05, 0) is 43.0 Å². The molecule has 5 nitrogen and oxygen atoms in total. The Kier molecular flexibility index (Phi) is 5.37. The molecule has 0 spiro atoms. The first kappa shape index (κ1) is 18.5. The molecule has 0 bridgehead atoms. The van der Waals surface area contributed by atoms with Crippen molar-refractivity contribution in [2.75, 3.05) is 5.75 Å². The van der Waals surface area contributed by atoms with E-state index in [0.717, 1.165) is 22.3 Å². The lowest BCUT2D eigenvalue weighted by molar-refractivity contribution is 0.102. The predicted octanol–water partition coefficient (Wildman–Crippen LogP) is 3.01. The highest BCUT2D eigenvalue weighted by Gasteiger charge is 2.25. The van der Waals surface area contributed by atoms with Gasteiger partial charge in [0, 0.05) is 5.56 Å². The lowest BCUT2D eigenvalue weighted by atomic mass is 9.90. The maximum absolute atomic E-state index is 12.4. The first-order valence-corrected chi connectivity index (χ1v) is 10.5. The van der Waals surface area contributed by atoms with Gasteiger partial charge < -0.3 is 0 Å². The van der Waals surface area contributed by atoms with Crippen LogP contribution in [0.15, 0.2) is 36.4 Å². The lowest BCUT2D eigenvalue weighted by Crippen LogP contribution is -2.20. The Bertz CT molecular complexity index is 907. The SMILES string of the molecule is Cc1cc(C)c(-c2ccccc2C(=O)CS(=O)(=O)S(=O)O)c(C)c1. The molecule has 0 heterocycles. The third-order valence-electron chi connectivity index (χ3n) is 3.70. The van der Waals surface area contributed by atoms with Crippen LogP contribution in [0.1, 0.15) is 27.0 Å². The van der Waals surface area contributed by atoms with Crippen molar-refractivity contribution in [3.8, 4) is 11.1 Å². The number of hydrogen-bond donors (Lipinski definition) is 1. The minimum absolute atomic E-state index is 0.224. The molecule has 0 saturated heterocycles. The second-order valence-corrected chi connectivity index (χ2v) is 9.88. The van der Waals surface area contributed by atoms with E-state index in [2.05, 4.69) is 0 Å². The van der Waals surface area contributed by atoms with Gasteiger partial charge >= 0.3 is 0 Å². The molecule has 0 aliphatic rings. The number of hydrogen-bond acceptors (Lipinski definition) is 4. The van der Waals surface area contributed by atoms with Crippen molar-refractivity contribution in [3.05, 3.63) is 58.7 Å². The largest absolute Gasteiger partial charge is 0.294 e. The van der Waals surface area contributed by atoms with Crippen LogP contribution in [0.2, 0.25) is 0 Å². The molecule has 0 radical (unpaired) electrons. The quantitative estimate of drug-likeness (QED) is 0.499. The first-order chi connectivity index (χ1) is 11.1. The van der Waals surface area contributed by atoms with E-state index in [0.29, 0.717) is 5.56 Å². The van der Waals surface area contributed by atoms with Crippen LogP contribution in [-0.4, -0.2) is 28.7 Å². The maximum Gasteiger partial charge on any atom is 0.274 e. The van der Waals surface area contributed by atoms with Crippen LogP contribution < -0.4 is 0 Å². The Morgan fingerprint density at radius 3 is 2.17 bits per heavy atom. The zero-order valence-electron chi connectivity index (χ0n) is 13.6. The molecule has 0 aliphatic heterocycles. The molecule has 0 aliphatic carbocycles. The second kappa shape index (κ2) is 6.96. The van der Waals surface area contributed by atoms with Crippen molar-refractivity contribution in [2.45, 2.75) is 20.8 Å². The topological polar surface area (TPSA) is 88.5 Å². The summed E-state index contributed by atoms with van der Waals surface area (Å²) in [4.78, 5) is 12.4. The summed E-state index contributed by atoms with van der Waals surface area (Å²) in [6.45, 7) is 5.83. The summed E-state index contributed by atoms with van der Waals surface area (Å²) in [6, 6.07) is 10.7. The van der Waals surface area contributed by atoms with Crippen LogP contribution >= 0.6 is 0 Å². The van der Waals surface area contributed by atoms with Crippen LogP contribution in [0.25, 0.3) is 11.1 Å². The average molecular weight is 366 g/mol. The zero-order chi connectivity index (χ0) is 18.1. The minimum atomic E-state index is -4.39. The molecule has 7 heteroatoms. The highest BCUT2D eigenvalue weighted by atomic mass is 33.2. The van der Waals surface area contributed by atoms with E-state index >= 15 is 0 Å². The van der Waals surface area contributed by atoms with Crippen molar-refractivity contribution >= 4 is 24.8 Å². The highest BCUT2D eigenvalue weighted by Crippen LogP contribution is 2.31. The summed E-state index contributed by atoms with van der Waals surface area (Å²) in [7, 11) is -7.48. The number of ketones is 1. The minimum Gasteiger partial charge on any atom is -0.294 e. The molecule has 2 rings (SSSR count). The Labute approximate surface area is 143 Å². The number of benzene rings is 2. The normalized spacial score (nSPS) is 12.8. The van der Waals surface area contributed by atoms with Gasteiger partial charge in [0.1, 0.15) is 5.75 Å². The smallest absolute Gasteiger partial charge is 0.274 e. The van der Waals surface area contributed by atoms with E-state index in [-0.39, 0.29) is 5.56 Å². The van der Waals surface area contributed by atoms with Crippen molar-refractivity contribution in [1.29, 1.82) is 0 Å². The molecular formula is C17H18O5S2. The van der Waals surface area contributed by atoms with Gasteiger partial charge in [0.05, 0.1) is 0 Å². The number of carbonyl (C=O) groups is 1. The molecule has 24 heavy (non-hydrogen) atoms. The van der Waals surface area contributed by atoms with Crippen LogP contribution in [-0.2, 0) is 19.0 Å². The summed E-state index contributed by atoms with van der Waals surface area (Å²) in [5.41, 5.74) is 4.75. The standard InChI is InChI=1S/C17H18O5S2/c1-11-8-12(2)17(13(3)9-11)15-7-5-4-6-14(15)16(18)10-24(21,22)23(19)20/h4-9H,10H2,1-3H3,(H,19,20). The van der Waals surface area contributed by atoms with E-state index in [9.17, 15) is 17.4 Å². The van der Waals surface area contributed by atoms with Crippen molar-refractivity contribution in [1.82, 2.24) is 0 Å². The molecule has 0 aromatic heterocycles. The monoisotopic (exact) mass is 366 g/mol. The van der Waals surface area contributed by atoms with Gasteiger partial charge in [-0.1, -0.05) is 42.0 Å². The molecule has 1 atom stereocenters. The van der Waals surface area contributed by atoms with Gasteiger partial charge in [0.15, 0.2) is 5.78 Å². The predicted molar refractivity (Wildman–Crippen MR) is 95.0 cm³/mol. The van der Waals surface area contributed by atoms with Crippen LogP contribution in [0.4, 0.5) is 0 Å². The molecule has 0 saturated carbocycles. The highest BCUT2D eigenvalue weighted by molar-refractivity contribution is 8.62. The zero-order valence-corrected chi connectivity index (χ0v) is 15.2. The second-order valence-electron chi connectivity index (χ2n) is 5.66. The van der Waals surface area contributed by atoms with E-state index in [4.69, 9.17) is 4.55 Å². The number of Topliss-reactive ketones (excluding diaryl/α,β-unsaturated/α-hetero) is 1. The van der Waals surface area contributed by atoms with Crippen LogP contribution in [0.3, 0.4) is 0 Å². The van der Waals surface area contributed by atoms with Crippen molar-refractivity contribution in [3.63, 3.8) is 0 Å². The Morgan fingerprint density at radius 1 is 1.08 bits per heavy atom. The van der Waals surface area contributed by atoms with Gasteiger partial charge in [0.2, 0.25) is 0 Å². The van der Waals surface area contributed by atoms with E-state index < -0.39 is 30.5 Å². The molecular weight excluding hydrogens is 348 g/mol. The van der Waals surface area contributed by atoms with Crippen LogP contribution in [0.5, 0.6) is 0 Å². The summed E-state index contributed by atoms with van der Waals surface area (Å²) >= 11 is 0. The lowest BCUT2D eigenvalue weighted by Gasteiger charge is -2.15. The third-order valence-corrected chi connectivity index (χ3v) is 6.41. The third kappa shape index (κ3) is 3.80. The Balaban J connectivity index is 2.57. The summed E-state index contributed by atoms with van der Waals surface area (Å²) in [6.07, 6.45) is 0. The fraction of sp³-hybridized carbons (Fsp3) is 0.235. The van der Waals surface area contributed by atoms with Crippen molar-refractivity contribution in [2.24, 2.45) is 0 Å². The molecule has 2 aromatic rings. The number of rotatable bonds is 5. The van der Waals surface area contributed by atoms with E-state index in [1.54, 1.807) is 18.2 Å². The fourth-order valence-corrected chi connectivity index (χ4v) is 4.04. The van der Waals surface area contributed by atoms with Gasteiger partial charge in [0.25, 0.3) is 19.0 Å². The number of aryl methyl sites for hydroxylation is 3. The first-order valence-electron chi connectivity index (χ1n) is 7.18. The maximum atomic E-state index is 12.4. The fourth-order valence-electron chi connectivity index (χ4n) is 2.84. The molecule has 1 unspecified atom stereocenters. The van der Waals surface area contributed by atoms with E-state index in [1.807, 2.05) is 32.9 Å². The molecule has 0 amide bonds. The molecule has 0 fully saturated rings. The van der Waals surface area contributed by atoms with E-state index in [1.165, 1.54) is 6.07 Å². The summed E-state index contributed by atoms with van der Waals surface area (Å²) in [5.74, 6) is -1.70. The molecule has 1 N–H and O–H groups in total. The van der Waals surface area contributed by atoms with Gasteiger partial charge in [-0.2, -0.15) is 0 Å². The van der Waals surface area contributed by atoms with Crippen molar-refractivity contribution < 1.29 is 22.0 Å². The summed E-state index contributed by atoms with van der Waals surface area (Å²) < 4.78 is 42.8.